The molecule has 0 spiro atoms. The van der Waals surface area contributed by atoms with E-state index in [0.29, 0.717) is 5.56 Å². The molecule has 0 radical (unpaired) electrons. The fraction of sp³-hybridized carbons (Fsp3) is 0.182. The van der Waals surface area contributed by atoms with E-state index in [4.69, 9.17) is 0 Å². The maximum atomic E-state index is 13.5. The van der Waals surface area contributed by atoms with Gasteiger partial charge in [0.2, 0.25) is 0 Å². The van der Waals surface area contributed by atoms with Gasteiger partial charge in [-0.1, -0.05) is 0 Å². The van der Waals surface area contributed by atoms with Gasteiger partial charge < -0.3 is 0 Å². The molecule has 0 N–H and O–H groups in total. The van der Waals surface area contributed by atoms with E-state index in [1.54, 1.807) is 19.2 Å². The predicted octanol–water partition coefficient (Wildman–Crippen LogP) is 3.60. The molecule has 1 heterocycles. The van der Waals surface area contributed by atoms with Gasteiger partial charge in [-0.2, -0.15) is 0 Å². The highest BCUT2D eigenvalue weighted by Gasteiger charge is 2.09. The molecule has 1 nitrogen and oxygen atoms in total. The maximum absolute atomic E-state index is 13.5. The van der Waals surface area contributed by atoms with Crippen LogP contribution in [0.3, 0.4) is 0 Å². The monoisotopic (exact) mass is 301 g/mol. The number of rotatable bonds is 0. The Labute approximate surface area is 95.5 Å². The molecule has 0 saturated heterocycles. The van der Waals surface area contributed by atoms with Crippen LogP contribution >= 0.6 is 22.6 Å². The Morgan fingerprint density at radius 1 is 1.36 bits per heavy atom. The van der Waals surface area contributed by atoms with Crippen molar-refractivity contribution in [3.8, 4) is 0 Å². The molecular formula is C11H9FIN. The average molecular weight is 301 g/mol. The summed E-state index contributed by atoms with van der Waals surface area (Å²) in [6.45, 7) is 3.75. The number of benzene rings is 1. The molecule has 1 aromatic heterocycles. The molecule has 0 aliphatic carbocycles. The molecule has 0 saturated carbocycles. The van der Waals surface area contributed by atoms with Crippen molar-refractivity contribution in [2.75, 3.05) is 0 Å². The first-order chi connectivity index (χ1) is 6.61. The van der Waals surface area contributed by atoms with Gasteiger partial charge in [-0.3, -0.25) is 4.98 Å². The van der Waals surface area contributed by atoms with E-state index in [-0.39, 0.29) is 5.82 Å². The zero-order valence-corrected chi connectivity index (χ0v) is 10.1. The Kier molecular flexibility index (Phi) is 2.43. The lowest BCUT2D eigenvalue weighted by atomic mass is 10.1. The summed E-state index contributed by atoms with van der Waals surface area (Å²) < 4.78 is 14.4. The number of hydrogen-bond donors (Lipinski definition) is 0. The molecule has 0 amide bonds. The van der Waals surface area contributed by atoms with E-state index < -0.39 is 0 Å². The first kappa shape index (κ1) is 9.83. The third-order valence-corrected chi connectivity index (χ3v) is 3.69. The van der Waals surface area contributed by atoms with Gasteiger partial charge in [0.25, 0.3) is 0 Å². The summed E-state index contributed by atoms with van der Waals surface area (Å²) in [6.07, 6.45) is 1.76. The lowest BCUT2D eigenvalue weighted by molar-refractivity contribution is 0.619. The highest BCUT2D eigenvalue weighted by molar-refractivity contribution is 14.1. The molecular weight excluding hydrogens is 292 g/mol. The van der Waals surface area contributed by atoms with Crippen LogP contribution < -0.4 is 0 Å². The third kappa shape index (κ3) is 1.39. The Bertz CT molecular complexity index is 508. The molecule has 1 aromatic carbocycles. The first-order valence-electron chi connectivity index (χ1n) is 4.31. The van der Waals surface area contributed by atoms with E-state index in [0.717, 1.165) is 20.0 Å². The van der Waals surface area contributed by atoms with E-state index in [1.807, 2.05) is 13.0 Å². The molecule has 14 heavy (non-hydrogen) atoms. The lowest BCUT2D eigenvalue weighted by Crippen LogP contribution is -1.93. The molecule has 3 heteroatoms. The van der Waals surface area contributed by atoms with Crippen molar-refractivity contribution in [1.82, 2.24) is 4.98 Å². The van der Waals surface area contributed by atoms with Crippen LogP contribution in [-0.2, 0) is 0 Å². The number of halogens is 2. The van der Waals surface area contributed by atoms with Crippen LogP contribution in [0.1, 0.15) is 11.1 Å². The van der Waals surface area contributed by atoms with Crippen molar-refractivity contribution < 1.29 is 4.39 Å². The second kappa shape index (κ2) is 3.46. The van der Waals surface area contributed by atoms with E-state index >= 15 is 0 Å². The quantitative estimate of drug-likeness (QED) is 0.678. The van der Waals surface area contributed by atoms with E-state index in [9.17, 15) is 4.39 Å². The Morgan fingerprint density at radius 2 is 2.07 bits per heavy atom. The lowest BCUT2D eigenvalue weighted by Gasteiger charge is -2.06. The average Bonchev–Trinajstić information content (AvgIpc) is 2.17. The highest BCUT2D eigenvalue weighted by atomic mass is 127. The van der Waals surface area contributed by atoms with Gasteiger partial charge >= 0.3 is 0 Å². The second-order valence-electron chi connectivity index (χ2n) is 3.32. The van der Waals surface area contributed by atoms with Gasteiger partial charge in [-0.05, 0) is 54.1 Å². The summed E-state index contributed by atoms with van der Waals surface area (Å²) in [6, 6.07) is 3.46. The molecule has 2 aromatic rings. The highest BCUT2D eigenvalue weighted by Crippen LogP contribution is 2.26. The van der Waals surface area contributed by atoms with Crippen molar-refractivity contribution in [1.29, 1.82) is 0 Å². The predicted molar refractivity (Wildman–Crippen MR) is 63.9 cm³/mol. The van der Waals surface area contributed by atoms with Gasteiger partial charge in [0.05, 0.1) is 5.52 Å². The number of pyridine rings is 1. The molecule has 0 aliphatic rings. The Balaban J connectivity index is 2.98. The summed E-state index contributed by atoms with van der Waals surface area (Å²) in [5.74, 6) is -0.155. The minimum absolute atomic E-state index is 0.155. The summed E-state index contributed by atoms with van der Waals surface area (Å²) >= 11 is 2.14. The summed E-state index contributed by atoms with van der Waals surface area (Å²) in [5.41, 5.74) is 2.63. The smallest absolute Gasteiger partial charge is 0.127 e. The van der Waals surface area contributed by atoms with Crippen LogP contribution in [-0.4, -0.2) is 4.98 Å². The van der Waals surface area contributed by atoms with Crippen molar-refractivity contribution in [3.63, 3.8) is 0 Å². The van der Waals surface area contributed by atoms with Crippen molar-refractivity contribution in [2.45, 2.75) is 13.8 Å². The van der Waals surface area contributed by atoms with Crippen molar-refractivity contribution in [2.24, 2.45) is 0 Å². The van der Waals surface area contributed by atoms with Gasteiger partial charge in [0, 0.05) is 20.7 Å². The second-order valence-corrected chi connectivity index (χ2v) is 4.40. The normalized spacial score (nSPS) is 10.9. The standard InChI is InChI=1S/C11H9FIN/c1-6-3-4-14-11-8(6)5-9(12)7(2)10(11)13/h3-5H,1-2H3. The number of aryl methyl sites for hydroxylation is 1. The van der Waals surface area contributed by atoms with Crippen LogP contribution in [0, 0.1) is 23.2 Å². The summed E-state index contributed by atoms with van der Waals surface area (Å²) in [7, 11) is 0. The minimum atomic E-state index is -0.155. The largest absolute Gasteiger partial charge is 0.255 e. The van der Waals surface area contributed by atoms with Crippen LogP contribution in [0.25, 0.3) is 10.9 Å². The molecule has 0 unspecified atom stereocenters. The topological polar surface area (TPSA) is 12.9 Å². The van der Waals surface area contributed by atoms with Crippen molar-refractivity contribution in [3.05, 3.63) is 38.8 Å². The molecule has 2 rings (SSSR count). The van der Waals surface area contributed by atoms with Gasteiger partial charge in [-0.15, -0.1) is 0 Å². The van der Waals surface area contributed by atoms with Crippen LogP contribution in [0.4, 0.5) is 4.39 Å². The number of hydrogen-bond acceptors (Lipinski definition) is 1. The van der Waals surface area contributed by atoms with Gasteiger partial charge in [0.1, 0.15) is 5.82 Å². The zero-order chi connectivity index (χ0) is 10.3. The first-order valence-corrected chi connectivity index (χ1v) is 5.39. The molecule has 0 fully saturated rings. The molecule has 0 aliphatic heterocycles. The minimum Gasteiger partial charge on any atom is -0.255 e. The third-order valence-electron chi connectivity index (χ3n) is 2.37. The van der Waals surface area contributed by atoms with Crippen LogP contribution in [0.5, 0.6) is 0 Å². The fourth-order valence-corrected chi connectivity index (χ4v) is 2.13. The van der Waals surface area contributed by atoms with Crippen LogP contribution in [0.2, 0.25) is 0 Å². The van der Waals surface area contributed by atoms with Gasteiger partial charge in [-0.25, -0.2) is 4.39 Å². The summed E-state index contributed by atoms with van der Waals surface area (Å²) in [4.78, 5) is 4.27. The van der Waals surface area contributed by atoms with Crippen LogP contribution in [0.15, 0.2) is 18.3 Å². The number of fused-ring (bicyclic) bond motifs is 1. The zero-order valence-electron chi connectivity index (χ0n) is 7.94. The van der Waals surface area contributed by atoms with Crippen molar-refractivity contribution >= 4 is 33.5 Å². The molecule has 0 atom stereocenters. The maximum Gasteiger partial charge on any atom is 0.127 e. The Hall–Kier alpha value is -0.710. The summed E-state index contributed by atoms with van der Waals surface area (Å²) in [5, 5.41) is 0.903. The molecule has 72 valence electrons. The fourth-order valence-electron chi connectivity index (χ4n) is 1.44. The van der Waals surface area contributed by atoms with Gasteiger partial charge in [0.15, 0.2) is 0 Å². The SMILES string of the molecule is Cc1c(F)cc2c(C)ccnc2c1I. The van der Waals surface area contributed by atoms with E-state index in [2.05, 4.69) is 27.6 Å². The number of aromatic nitrogens is 1. The Morgan fingerprint density at radius 3 is 2.79 bits per heavy atom. The van der Waals surface area contributed by atoms with E-state index in [1.165, 1.54) is 0 Å². The number of nitrogens with zero attached hydrogens (tertiary/aromatic N) is 1. The molecule has 0 bridgehead atoms.